The van der Waals surface area contributed by atoms with Crippen molar-refractivity contribution in [1.29, 1.82) is 0 Å². The van der Waals surface area contributed by atoms with E-state index in [1.54, 1.807) is 17.0 Å². The first kappa shape index (κ1) is 17.1. The molecule has 0 aliphatic carbocycles. The van der Waals surface area contributed by atoms with E-state index in [0.717, 1.165) is 6.42 Å². The van der Waals surface area contributed by atoms with Crippen LogP contribution in [0.5, 0.6) is 0 Å². The summed E-state index contributed by atoms with van der Waals surface area (Å²) >= 11 is 11.7. The number of nitrogens with two attached hydrogens (primary N) is 1. The van der Waals surface area contributed by atoms with Gasteiger partial charge in [0.05, 0.1) is 16.6 Å². The molecule has 1 aromatic carbocycles. The fraction of sp³-hybridized carbons (Fsp3) is 0.467. The molecule has 1 saturated heterocycles. The number of likely N-dealkylation sites (tertiary alicyclic amines) is 1. The maximum absolute atomic E-state index is 12.1. The van der Waals surface area contributed by atoms with Gasteiger partial charge in [-0.3, -0.25) is 9.59 Å². The largest absolute Gasteiger partial charge is 0.343 e. The molecule has 5 nitrogen and oxygen atoms in total. The van der Waals surface area contributed by atoms with Gasteiger partial charge in [0.2, 0.25) is 5.91 Å². The van der Waals surface area contributed by atoms with E-state index < -0.39 is 0 Å². The summed E-state index contributed by atoms with van der Waals surface area (Å²) in [6.07, 6.45) is 0.885. The van der Waals surface area contributed by atoms with Crippen LogP contribution in [0.25, 0.3) is 0 Å². The molecule has 22 heavy (non-hydrogen) atoms. The number of halogens is 2. The van der Waals surface area contributed by atoms with Crippen LogP contribution in [0.4, 0.5) is 0 Å². The Morgan fingerprint density at radius 1 is 1.36 bits per heavy atom. The second kappa shape index (κ2) is 6.86. The van der Waals surface area contributed by atoms with E-state index in [1.807, 2.05) is 0 Å². The summed E-state index contributed by atoms with van der Waals surface area (Å²) in [5.41, 5.74) is 6.07. The predicted octanol–water partition coefficient (Wildman–Crippen LogP) is 1.92. The Kier molecular flexibility index (Phi) is 5.32. The van der Waals surface area contributed by atoms with Gasteiger partial charge in [0.25, 0.3) is 5.91 Å². The van der Waals surface area contributed by atoms with Gasteiger partial charge in [-0.25, -0.2) is 0 Å². The van der Waals surface area contributed by atoms with Crippen molar-refractivity contribution in [1.82, 2.24) is 10.2 Å². The molecule has 2 rings (SSSR count). The number of benzene rings is 1. The Balaban J connectivity index is 1.88. The molecule has 120 valence electrons. The Labute approximate surface area is 139 Å². The summed E-state index contributed by atoms with van der Waals surface area (Å²) in [6, 6.07) is 4.59. The van der Waals surface area contributed by atoms with E-state index >= 15 is 0 Å². The van der Waals surface area contributed by atoms with Crippen molar-refractivity contribution in [2.75, 3.05) is 26.2 Å². The average Bonchev–Trinajstić information content (AvgIpc) is 2.90. The Bertz CT molecular complexity index is 594. The van der Waals surface area contributed by atoms with Crippen LogP contribution in [0.15, 0.2) is 18.2 Å². The quantitative estimate of drug-likeness (QED) is 0.876. The van der Waals surface area contributed by atoms with Crippen molar-refractivity contribution in [3.63, 3.8) is 0 Å². The fourth-order valence-corrected chi connectivity index (χ4v) is 2.71. The molecule has 0 radical (unpaired) electrons. The standard InChI is InChI=1S/C15H19Cl2N3O2/c1-15(8-18)4-5-20(9-15)13(21)7-19-14(22)10-2-3-11(16)12(17)6-10/h2-3,6H,4-5,7-9,18H2,1H3,(H,19,22). The zero-order valence-electron chi connectivity index (χ0n) is 12.4. The monoisotopic (exact) mass is 343 g/mol. The van der Waals surface area contributed by atoms with Crippen LogP contribution in [-0.2, 0) is 4.79 Å². The van der Waals surface area contributed by atoms with Crippen molar-refractivity contribution in [2.45, 2.75) is 13.3 Å². The molecule has 1 fully saturated rings. The molecule has 1 heterocycles. The number of carbonyl (C=O) groups excluding carboxylic acids is 2. The first-order valence-electron chi connectivity index (χ1n) is 7.06. The number of nitrogens with one attached hydrogen (secondary N) is 1. The highest BCUT2D eigenvalue weighted by Crippen LogP contribution is 2.28. The highest BCUT2D eigenvalue weighted by molar-refractivity contribution is 6.42. The summed E-state index contributed by atoms with van der Waals surface area (Å²) in [6.45, 7) is 3.88. The zero-order chi connectivity index (χ0) is 16.3. The molecular weight excluding hydrogens is 325 g/mol. The summed E-state index contributed by atoms with van der Waals surface area (Å²) in [5, 5.41) is 3.29. The van der Waals surface area contributed by atoms with Gasteiger partial charge in [0.1, 0.15) is 0 Å². The number of hydrogen-bond acceptors (Lipinski definition) is 3. The molecule has 0 aromatic heterocycles. The van der Waals surface area contributed by atoms with Crippen LogP contribution < -0.4 is 11.1 Å². The molecule has 1 aliphatic heterocycles. The van der Waals surface area contributed by atoms with Gasteiger partial charge in [0, 0.05) is 18.7 Å². The van der Waals surface area contributed by atoms with Gasteiger partial charge in [-0.2, -0.15) is 0 Å². The maximum Gasteiger partial charge on any atom is 0.251 e. The molecule has 7 heteroatoms. The first-order valence-corrected chi connectivity index (χ1v) is 7.81. The van der Waals surface area contributed by atoms with Crippen molar-refractivity contribution in [3.8, 4) is 0 Å². The molecule has 0 spiro atoms. The highest BCUT2D eigenvalue weighted by atomic mass is 35.5. The minimum Gasteiger partial charge on any atom is -0.343 e. The summed E-state index contributed by atoms with van der Waals surface area (Å²) in [4.78, 5) is 25.9. The minimum absolute atomic E-state index is 0.0244. The van der Waals surface area contributed by atoms with E-state index in [4.69, 9.17) is 28.9 Å². The van der Waals surface area contributed by atoms with Gasteiger partial charge >= 0.3 is 0 Å². The second-order valence-corrected chi connectivity index (χ2v) is 6.71. The lowest BCUT2D eigenvalue weighted by atomic mass is 9.90. The third-order valence-corrected chi connectivity index (χ3v) is 4.72. The summed E-state index contributed by atoms with van der Waals surface area (Å²) in [7, 11) is 0. The first-order chi connectivity index (χ1) is 10.3. The van der Waals surface area contributed by atoms with Gasteiger partial charge < -0.3 is 16.0 Å². The van der Waals surface area contributed by atoms with E-state index in [2.05, 4.69) is 12.2 Å². The van der Waals surface area contributed by atoms with Crippen molar-refractivity contribution < 1.29 is 9.59 Å². The highest BCUT2D eigenvalue weighted by Gasteiger charge is 2.34. The molecule has 3 N–H and O–H groups in total. The fourth-order valence-electron chi connectivity index (χ4n) is 2.41. The number of hydrogen-bond donors (Lipinski definition) is 2. The Morgan fingerprint density at radius 2 is 2.09 bits per heavy atom. The molecule has 2 amide bonds. The van der Waals surface area contributed by atoms with Crippen LogP contribution in [0, 0.1) is 5.41 Å². The van der Waals surface area contributed by atoms with E-state index in [1.165, 1.54) is 6.07 Å². The minimum atomic E-state index is -0.354. The zero-order valence-corrected chi connectivity index (χ0v) is 13.9. The number of rotatable bonds is 4. The number of amides is 2. The SMILES string of the molecule is CC1(CN)CCN(C(=O)CNC(=O)c2ccc(Cl)c(Cl)c2)C1. The van der Waals surface area contributed by atoms with E-state index in [-0.39, 0.29) is 23.8 Å². The molecular formula is C15H19Cl2N3O2. The third kappa shape index (κ3) is 3.91. The molecule has 1 atom stereocenters. The van der Waals surface area contributed by atoms with Crippen molar-refractivity contribution in [2.24, 2.45) is 11.1 Å². The topological polar surface area (TPSA) is 75.4 Å². The van der Waals surface area contributed by atoms with Crippen LogP contribution in [0.2, 0.25) is 10.0 Å². The maximum atomic E-state index is 12.1. The van der Waals surface area contributed by atoms with Gasteiger partial charge in [-0.15, -0.1) is 0 Å². The Morgan fingerprint density at radius 3 is 2.68 bits per heavy atom. The van der Waals surface area contributed by atoms with Gasteiger partial charge in [0.15, 0.2) is 0 Å². The normalized spacial score (nSPS) is 21.0. The molecule has 1 unspecified atom stereocenters. The summed E-state index contributed by atoms with van der Waals surface area (Å²) < 4.78 is 0. The van der Waals surface area contributed by atoms with Crippen LogP contribution >= 0.6 is 23.2 Å². The van der Waals surface area contributed by atoms with Crippen LogP contribution in [0.3, 0.4) is 0 Å². The molecule has 1 aliphatic rings. The molecule has 1 aromatic rings. The van der Waals surface area contributed by atoms with Crippen LogP contribution in [0.1, 0.15) is 23.7 Å². The lowest BCUT2D eigenvalue weighted by Gasteiger charge is -2.22. The Hall–Kier alpha value is -1.30. The molecule has 0 saturated carbocycles. The van der Waals surface area contributed by atoms with Crippen molar-refractivity contribution in [3.05, 3.63) is 33.8 Å². The van der Waals surface area contributed by atoms with E-state index in [0.29, 0.717) is 35.2 Å². The van der Waals surface area contributed by atoms with Crippen molar-refractivity contribution >= 4 is 35.0 Å². The number of carbonyl (C=O) groups is 2. The third-order valence-electron chi connectivity index (χ3n) is 3.99. The average molecular weight is 344 g/mol. The second-order valence-electron chi connectivity index (χ2n) is 5.89. The van der Waals surface area contributed by atoms with Crippen LogP contribution in [-0.4, -0.2) is 42.9 Å². The smallest absolute Gasteiger partial charge is 0.251 e. The van der Waals surface area contributed by atoms with Gasteiger partial charge in [-0.05, 0) is 36.6 Å². The molecule has 0 bridgehead atoms. The lowest BCUT2D eigenvalue weighted by molar-refractivity contribution is -0.129. The lowest BCUT2D eigenvalue weighted by Crippen LogP contribution is -2.40. The number of nitrogens with zero attached hydrogens (tertiary/aromatic N) is 1. The summed E-state index contributed by atoms with van der Waals surface area (Å²) in [5.74, 6) is -0.460. The van der Waals surface area contributed by atoms with E-state index in [9.17, 15) is 9.59 Å². The van der Waals surface area contributed by atoms with Gasteiger partial charge in [-0.1, -0.05) is 30.1 Å². The predicted molar refractivity (Wildman–Crippen MR) is 87.2 cm³/mol.